The van der Waals surface area contributed by atoms with Crippen LogP contribution in [0.15, 0.2) is 10.9 Å². The second-order valence-electron chi connectivity index (χ2n) is 6.35. The molecule has 0 unspecified atom stereocenters. The minimum atomic E-state index is -0.832. The van der Waals surface area contributed by atoms with Gasteiger partial charge in [0.25, 0.3) is 5.71 Å². The second-order valence-corrected chi connectivity index (χ2v) is 6.35. The largest absolute Gasteiger partial charge is 0.390 e. The highest BCUT2D eigenvalue weighted by Crippen LogP contribution is 2.37. The van der Waals surface area contributed by atoms with Gasteiger partial charge in [0, 0.05) is 13.1 Å². The molecule has 2 aliphatic heterocycles. The molecule has 23 heavy (non-hydrogen) atoms. The number of rotatable bonds is 1. The third kappa shape index (κ3) is 2.29. The number of fused-ring (bicyclic) bond motifs is 1. The number of nitrogens with zero attached hydrogens (tertiary/aromatic N) is 4. The van der Waals surface area contributed by atoms with E-state index in [4.69, 9.17) is 9.26 Å². The van der Waals surface area contributed by atoms with Crippen LogP contribution in [-0.2, 0) is 4.74 Å². The summed E-state index contributed by atoms with van der Waals surface area (Å²) in [6, 6.07) is 0. The normalized spacial score (nSPS) is 27.7. The van der Waals surface area contributed by atoms with Crippen molar-refractivity contribution in [3.8, 4) is 0 Å². The van der Waals surface area contributed by atoms with Gasteiger partial charge in [-0.3, -0.25) is 0 Å². The first kappa shape index (κ1) is 14.8. The smallest absolute Gasteiger partial charge is 0.263 e. The van der Waals surface area contributed by atoms with E-state index in [1.54, 1.807) is 0 Å². The van der Waals surface area contributed by atoms with Crippen LogP contribution >= 0.6 is 0 Å². The molecular weight excluding hydrogens is 300 g/mol. The summed E-state index contributed by atoms with van der Waals surface area (Å²) in [6.45, 7) is 3.72. The summed E-state index contributed by atoms with van der Waals surface area (Å²) in [5, 5.41) is 25.1. The highest BCUT2D eigenvalue weighted by molar-refractivity contribution is 5.87. The Kier molecular flexibility index (Phi) is 3.47. The second kappa shape index (κ2) is 5.40. The van der Waals surface area contributed by atoms with Gasteiger partial charge < -0.3 is 24.4 Å². The SMILES string of the molecule is Cc1noc2ncnc(N3CCC4(CC3)OCC[C@H](O)[C@@H]4O)c12. The predicted molar refractivity (Wildman–Crippen MR) is 81.1 cm³/mol. The van der Waals surface area contributed by atoms with Crippen LogP contribution in [-0.4, -0.2) is 62.8 Å². The maximum atomic E-state index is 10.3. The van der Waals surface area contributed by atoms with E-state index >= 15 is 0 Å². The number of piperidine rings is 1. The van der Waals surface area contributed by atoms with E-state index < -0.39 is 17.8 Å². The molecule has 2 aromatic heterocycles. The van der Waals surface area contributed by atoms with Crippen molar-refractivity contribution in [3.63, 3.8) is 0 Å². The van der Waals surface area contributed by atoms with E-state index in [0.29, 0.717) is 44.7 Å². The molecule has 0 radical (unpaired) electrons. The fraction of sp³-hybridized carbons (Fsp3) is 0.667. The standard InChI is InChI=1S/C15H20N4O4/c1-9-11-13(16-8-17-14(11)23-18-9)19-5-3-15(4-6-19)12(21)10(20)2-7-22-15/h8,10,12,20-21H,2-7H2,1H3/t10-,12-/m0/s1. The van der Waals surface area contributed by atoms with Gasteiger partial charge in [0.2, 0.25) is 0 Å². The number of hydrogen-bond donors (Lipinski definition) is 2. The van der Waals surface area contributed by atoms with Crippen LogP contribution in [0, 0.1) is 6.92 Å². The van der Waals surface area contributed by atoms with Crippen LogP contribution in [0.4, 0.5) is 5.82 Å². The topological polar surface area (TPSA) is 105 Å². The summed E-state index contributed by atoms with van der Waals surface area (Å²) in [6.07, 6.45) is 1.70. The Bertz CT molecular complexity index is 711. The van der Waals surface area contributed by atoms with Crippen molar-refractivity contribution in [2.24, 2.45) is 0 Å². The molecule has 8 heteroatoms. The van der Waals surface area contributed by atoms with E-state index in [2.05, 4.69) is 20.0 Å². The van der Waals surface area contributed by atoms with Gasteiger partial charge in [0.05, 0.1) is 24.0 Å². The third-order valence-electron chi connectivity index (χ3n) is 5.04. The first-order valence-corrected chi connectivity index (χ1v) is 7.93. The van der Waals surface area contributed by atoms with Gasteiger partial charge in [-0.25, -0.2) is 4.98 Å². The van der Waals surface area contributed by atoms with Crippen molar-refractivity contribution < 1.29 is 19.5 Å². The zero-order valence-electron chi connectivity index (χ0n) is 13.0. The molecule has 0 aliphatic carbocycles. The Morgan fingerprint density at radius 3 is 2.83 bits per heavy atom. The van der Waals surface area contributed by atoms with Gasteiger partial charge in [0.1, 0.15) is 23.6 Å². The summed E-state index contributed by atoms with van der Waals surface area (Å²) in [4.78, 5) is 10.6. The molecule has 2 aliphatic rings. The molecule has 4 heterocycles. The number of ether oxygens (including phenoxy) is 1. The zero-order valence-corrected chi connectivity index (χ0v) is 13.0. The van der Waals surface area contributed by atoms with Crippen molar-refractivity contribution in [2.45, 2.75) is 44.0 Å². The first-order valence-electron chi connectivity index (χ1n) is 7.93. The van der Waals surface area contributed by atoms with Gasteiger partial charge in [-0.15, -0.1) is 0 Å². The molecule has 0 bridgehead atoms. The van der Waals surface area contributed by atoms with Crippen LogP contribution in [0.25, 0.3) is 11.1 Å². The molecule has 8 nitrogen and oxygen atoms in total. The molecule has 0 amide bonds. The minimum Gasteiger partial charge on any atom is -0.390 e. The van der Waals surface area contributed by atoms with Crippen LogP contribution in [0.3, 0.4) is 0 Å². The van der Waals surface area contributed by atoms with E-state index in [9.17, 15) is 10.2 Å². The van der Waals surface area contributed by atoms with E-state index in [-0.39, 0.29) is 0 Å². The Labute approximate surface area is 133 Å². The van der Waals surface area contributed by atoms with Crippen molar-refractivity contribution in [1.29, 1.82) is 0 Å². The summed E-state index contributed by atoms with van der Waals surface area (Å²) in [5.74, 6) is 0.800. The third-order valence-corrected chi connectivity index (χ3v) is 5.04. The molecule has 2 saturated heterocycles. The lowest BCUT2D eigenvalue weighted by atomic mass is 9.80. The lowest BCUT2D eigenvalue weighted by Crippen LogP contribution is -2.60. The summed E-state index contributed by atoms with van der Waals surface area (Å²) >= 11 is 0. The van der Waals surface area contributed by atoms with Gasteiger partial charge in [-0.1, -0.05) is 5.16 Å². The lowest BCUT2D eigenvalue weighted by Gasteiger charge is -2.48. The Morgan fingerprint density at radius 2 is 2.04 bits per heavy atom. The Morgan fingerprint density at radius 1 is 1.26 bits per heavy atom. The van der Waals surface area contributed by atoms with Gasteiger partial charge >= 0.3 is 0 Å². The van der Waals surface area contributed by atoms with E-state index in [0.717, 1.165) is 16.9 Å². The summed E-state index contributed by atoms with van der Waals surface area (Å²) in [5.41, 5.74) is 0.599. The predicted octanol–water partition coefficient (Wildman–Crippen LogP) is 0.407. The van der Waals surface area contributed by atoms with Gasteiger partial charge in [-0.2, -0.15) is 4.98 Å². The maximum absolute atomic E-state index is 10.3. The van der Waals surface area contributed by atoms with Crippen molar-refractivity contribution >= 4 is 16.9 Å². The van der Waals surface area contributed by atoms with Gasteiger partial charge in [0.15, 0.2) is 0 Å². The zero-order chi connectivity index (χ0) is 16.0. The molecule has 2 atom stereocenters. The molecule has 2 fully saturated rings. The number of aliphatic hydroxyl groups excluding tert-OH is 2. The van der Waals surface area contributed by atoms with E-state index in [1.807, 2.05) is 6.92 Å². The first-order chi connectivity index (χ1) is 11.1. The fourth-order valence-electron chi connectivity index (χ4n) is 3.66. The summed E-state index contributed by atoms with van der Waals surface area (Å²) < 4.78 is 11.1. The lowest BCUT2D eigenvalue weighted by molar-refractivity contribution is -0.205. The number of anilines is 1. The van der Waals surface area contributed by atoms with E-state index in [1.165, 1.54) is 6.33 Å². The number of aryl methyl sites for hydroxylation is 1. The van der Waals surface area contributed by atoms with Crippen molar-refractivity contribution in [3.05, 3.63) is 12.0 Å². The molecule has 2 N–H and O–H groups in total. The number of aliphatic hydroxyl groups is 2. The summed E-state index contributed by atoms with van der Waals surface area (Å²) in [7, 11) is 0. The van der Waals surface area contributed by atoms with Crippen molar-refractivity contribution in [1.82, 2.24) is 15.1 Å². The van der Waals surface area contributed by atoms with Crippen LogP contribution in [0.5, 0.6) is 0 Å². The quantitative estimate of drug-likeness (QED) is 0.778. The average Bonchev–Trinajstić information content (AvgIpc) is 2.95. The number of hydrogen-bond acceptors (Lipinski definition) is 8. The van der Waals surface area contributed by atoms with Crippen LogP contribution in [0.1, 0.15) is 25.0 Å². The monoisotopic (exact) mass is 320 g/mol. The highest BCUT2D eigenvalue weighted by atomic mass is 16.5. The molecule has 2 aromatic rings. The Hall–Kier alpha value is -1.77. The van der Waals surface area contributed by atoms with Crippen LogP contribution < -0.4 is 4.90 Å². The molecule has 4 rings (SSSR count). The Balaban J connectivity index is 1.58. The number of aromatic nitrogens is 3. The average molecular weight is 320 g/mol. The maximum Gasteiger partial charge on any atom is 0.263 e. The van der Waals surface area contributed by atoms with Crippen LogP contribution in [0.2, 0.25) is 0 Å². The van der Waals surface area contributed by atoms with Crippen molar-refractivity contribution in [2.75, 3.05) is 24.6 Å². The minimum absolute atomic E-state index is 0.483. The fourth-order valence-corrected chi connectivity index (χ4v) is 3.66. The molecular formula is C15H20N4O4. The molecule has 0 aromatic carbocycles. The van der Waals surface area contributed by atoms with Gasteiger partial charge in [-0.05, 0) is 26.2 Å². The molecule has 1 spiro atoms. The molecule has 124 valence electrons. The molecule has 0 saturated carbocycles. The highest BCUT2D eigenvalue weighted by Gasteiger charge is 2.47.